The Labute approximate surface area is 115 Å². The van der Waals surface area contributed by atoms with Gasteiger partial charge in [0.25, 0.3) is 5.91 Å². The van der Waals surface area contributed by atoms with Gasteiger partial charge in [0.2, 0.25) is 0 Å². The molecule has 1 rings (SSSR count). The topological polar surface area (TPSA) is 41.6 Å². The van der Waals surface area contributed by atoms with Crippen molar-refractivity contribution in [3.05, 3.63) is 42.5 Å². The highest BCUT2D eigenvalue weighted by molar-refractivity contribution is 5.94. The molecule has 0 heterocycles. The van der Waals surface area contributed by atoms with Crippen LogP contribution in [0.3, 0.4) is 0 Å². The molecule has 0 saturated carbocycles. The smallest absolute Gasteiger partial charge is 0.251 e. The molecule has 0 saturated heterocycles. The van der Waals surface area contributed by atoms with Gasteiger partial charge in [-0.15, -0.1) is 0 Å². The highest BCUT2D eigenvalue weighted by atomic mass is 16.5. The Morgan fingerprint density at radius 1 is 1.37 bits per heavy atom. The molecule has 104 valence electrons. The zero-order valence-corrected chi connectivity index (χ0v) is 11.7. The normalized spacial score (nSPS) is 10.3. The average Bonchev–Trinajstić information content (AvgIpc) is 2.41. The lowest BCUT2D eigenvalue weighted by molar-refractivity contribution is 0.0952. The third kappa shape index (κ3) is 6.06. The maximum absolute atomic E-state index is 11.8. The van der Waals surface area contributed by atoms with Gasteiger partial charge in [-0.2, -0.15) is 0 Å². The first-order chi connectivity index (χ1) is 9.13. The fourth-order valence-electron chi connectivity index (χ4n) is 1.56. The minimum Gasteiger partial charge on any atom is -0.490 e. The van der Waals surface area contributed by atoms with Gasteiger partial charge in [0, 0.05) is 12.1 Å². The highest BCUT2D eigenvalue weighted by Crippen LogP contribution is 2.12. The molecule has 1 N–H and O–H groups in total. The first kappa shape index (κ1) is 15.2. The minimum atomic E-state index is -0.0472. The van der Waals surface area contributed by atoms with E-state index in [9.17, 15) is 4.79 Å². The van der Waals surface area contributed by atoms with E-state index in [0.717, 1.165) is 18.7 Å². The Morgan fingerprint density at radius 2 is 2.05 bits per heavy atom. The first-order valence-electron chi connectivity index (χ1n) is 6.40. The number of hydrogen-bond acceptors (Lipinski definition) is 3. The van der Waals surface area contributed by atoms with Gasteiger partial charge in [-0.05, 0) is 51.3 Å². The summed E-state index contributed by atoms with van der Waals surface area (Å²) in [6.45, 7) is 5.70. The van der Waals surface area contributed by atoms with E-state index in [1.165, 1.54) is 0 Å². The predicted octanol–water partition coefficient (Wildman–Crippen LogP) is 1.93. The average molecular weight is 262 g/mol. The quantitative estimate of drug-likeness (QED) is 0.575. The zero-order chi connectivity index (χ0) is 14.1. The van der Waals surface area contributed by atoms with Crippen molar-refractivity contribution in [1.82, 2.24) is 10.2 Å². The Kier molecular flexibility index (Phi) is 6.68. The van der Waals surface area contributed by atoms with E-state index in [1.807, 2.05) is 14.1 Å². The van der Waals surface area contributed by atoms with Gasteiger partial charge in [-0.3, -0.25) is 4.79 Å². The molecule has 0 fully saturated rings. The molecular formula is C15H22N2O2. The SMILES string of the molecule is C=CCOc1ccc(C(=O)NCCCN(C)C)cc1. The predicted molar refractivity (Wildman–Crippen MR) is 77.6 cm³/mol. The maximum atomic E-state index is 11.8. The van der Waals surface area contributed by atoms with Crippen LogP contribution in [0.1, 0.15) is 16.8 Å². The fraction of sp³-hybridized carbons (Fsp3) is 0.400. The highest BCUT2D eigenvalue weighted by Gasteiger charge is 2.04. The fourth-order valence-corrected chi connectivity index (χ4v) is 1.56. The molecule has 0 aliphatic rings. The molecule has 0 aromatic heterocycles. The summed E-state index contributed by atoms with van der Waals surface area (Å²) < 4.78 is 5.36. The summed E-state index contributed by atoms with van der Waals surface area (Å²) in [4.78, 5) is 13.9. The lowest BCUT2D eigenvalue weighted by Gasteiger charge is -2.10. The number of amides is 1. The summed E-state index contributed by atoms with van der Waals surface area (Å²) in [6, 6.07) is 7.11. The van der Waals surface area contributed by atoms with Gasteiger partial charge in [0.15, 0.2) is 0 Å². The molecule has 0 atom stereocenters. The van der Waals surface area contributed by atoms with Crippen molar-refractivity contribution < 1.29 is 9.53 Å². The second kappa shape index (κ2) is 8.32. The molecule has 0 aliphatic heterocycles. The number of nitrogens with zero attached hydrogens (tertiary/aromatic N) is 1. The zero-order valence-electron chi connectivity index (χ0n) is 11.7. The van der Waals surface area contributed by atoms with Gasteiger partial charge < -0.3 is 15.0 Å². The van der Waals surface area contributed by atoms with Crippen LogP contribution in [0.25, 0.3) is 0 Å². The lowest BCUT2D eigenvalue weighted by Crippen LogP contribution is -2.27. The second-order valence-corrected chi connectivity index (χ2v) is 4.54. The van der Waals surface area contributed by atoms with Crippen LogP contribution in [-0.4, -0.2) is 44.6 Å². The number of ether oxygens (including phenoxy) is 1. The molecule has 0 aliphatic carbocycles. The summed E-state index contributed by atoms with van der Waals surface area (Å²) in [5.74, 6) is 0.693. The van der Waals surface area contributed by atoms with Crippen molar-refractivity contribution in [1.29, 1.82) is 0 Å². The lowest BCUT2D eigenvalue weighted by atomic mass is 10.2. The summed E-state index contributed by atoms with van der Waals surface area (Å²) >= 11 is 0. The van der Waals surface area contributed by atoms with Crippen molar-refractivity contribution in [2.75, 3.05) is 33.8 Å². The Bertz CT molecular complexity index is 399. The molecule has 1 aromatic rings. The van der Waals surface area contributed by atoms with Crippen molar-refractivity contribution >= 4 is 5.91 Å². The van der Waals surface area contributed by atoms with E-state index in [2.05, 4.69) is 16.8 Å². The van der Waals surface area contributed by atoms with E-state index >= 15 is 0 Å². The number of nitrogens with one attached hydrogen (secondary N) is 1. The first-order valence-corrected chi connectivity index (χ1v) is 6.40. The summed E-state index contributed by atoms with van der Waals surface area (Å²) in [5.41, 5.74) is 0.649. The molecule has 1 amide bonds. The molecule has 4 nitrogen and oxygen atoms in total. The van der Waals surface area contributed by atoms with Crippen LogP contribution in [-0.2, 0) is 0 Å². The Balaban J connectivity index is 2.37. The van der Waals surface area contributed by atoms with Crippen LogP contribution in [0.5, 0.6) is 5.75 Å². The molecular weight excluding hydrogens is 240 g/mol. The van der Waals surface area contributed by atoms with Crippen molar-refractivity contribution in [2.24, 2.45) is 0 Å². The number of carbonyl (C=O) groups excluding carboxylic acids is 1. The van der Waals surface area contributed by atoms with Gasteiger partial charge >= 0.3 is 0 Å². The summed E-state index contributed by atoms with van der Waals surface area (Å²) in [6.07, 6.45) is 2.63. The molecule has 0 spiro atoms. The van der Waals surface area contributed by atoms with Crippen molar-refractivity contribution in [3.8, 4) is 5.75 Å². The molecule has 0 unspecified atom stereocenters. The third-order valence-corrected chi connectivity index (χ3v) is 2.55. The molecule has 4 heteroatoms. The Morgan fingerprint density at radius 3 is 2.63 bits per heavy atom. The van der Waals surface area contributed by atoms with Crippen LogP contribution in [0, 0.1) is 0 Å². The minimum absolute atomic E-state index is 0.0472. The van der Waals surface area contributed by atoms with E-state index < -0.39 is 0 Å². The van der Waals surface area contributed by atoms with Crippen LogP contribution in [0.2, 0.25) is 0 Å². The van der Waals surface area contributed by atoms with Gasteiger partial charge in [-0.25, -0.2) is 0 Å². The molecule has 0 radical (unpaired) electrons. The largest absolute Gasteiger partial charge is 0.490 e. The number of hydrogen-bond donors (Lipinski definition) is 1. The number of carbonyl (C=O) groups is 1. The second-order valence-electron chi connectivity index (χ2n) is 4.54. The standard InChI is InChI=1S/C15H22N2O2/c1-4-12-19-14-8-6-13(7-9-14)15(18)16-10-5-11-17(2)3/h4,6-9H,1,5,10-12H2,2-3H3,(H,16,18). The summed E-state index contributed by atoms with van der Waals surface area (Å²) in [7, 11) is 4.04. The maximum Gasteiger partial charge on any atom is 0.251 e. The monoisotopic (exact) mass is 262 g/mol. The van der Waals surface area contributed by atoms with Gasteiger partial charge in [0.05, 0.1) is 0 Å². The number of benzene rings is 1. The van der Waals surface area contributed by atoms with Crippen LogP contribution >= 0.6 is 0 Å². The van der Waals surface area contributed by atoms with Crippen molar-refractivity contribution in [3.63, 3.8) is 0 Å². The van der Waals surface area contributed by atoms with Gasteiger partial charge in [0.1, 0.15) is 12.4 Å². The number of rotatable bonds is 8. The van der Waals surface area contributed by atoms with E-state index in [-0.39, 0.29) is 5.91 Å². The third-order valence-electron chi connectivity index (χ3n) is 2.55. The molecule has 1 aromatic carbocycles. The van der Waals surface area contributed by atoms with Crippen molar-refractivity contribution in [2.45, 2.75) is 6.42 Å². The van der Waals surface area contributed by atoms with Crippen LogP contribution < -0.4 is 10.1 Å². The molecule has 19 heavy (non-hydrogen) atoms. The molecule has 0 bridgehead atoms. The van der Waals surface area contributed by atoms with E-state index in [1.54, 1.807) is 30.3 Å². The van der Waals surface area contributed by atoms with Crippen LogP contribution in [0.4, 0.5) is 0 Å². The van der Waals surface area contributed by atoms with E-state index in [4.69, 9.17) is 4.74 Å². The Hall–Kier alpha value is -1.81. The summed E-state index contributed by atoms with van der Waals surface area (Å²) in [5, 5.41) is 2.89. The van der Waals surface area contributed by atoms with E-state index in [0.29, 0.717) is 18.7 Å². The van der Waals surface area contributed by atoms with Crippen LogP contribution in [0.15, 0.2) is 36.9 Å². The van der Waals surface area contributed by atoms with Gasteiger partial charge in [-0.1, -0.05) is 12.7 Å².